The number of esters is 1. The van der Waals surface area contributed by atoms with Crippen molar-refractivity contribution in [3.05, 3.63) is 0 Å². The maximum atomic E-state index is 11.3. The third-order valence-corrected chi connectivity index (χ3v) is 2.51. The largest absolute Gasteiger partial charge is 0.469 e. The topological polar surface area (TPSA) is 38.3 Å². The van der Waals surface area contributed by atoms with Gasteiger partial charge in [-0.1, -0.05) is 13.8 Å². The Labute approximate surface area is 73.5 Å². The lowest BCUT2D eigenvalue weighted by atomic mass is 9.80. The Kier molecular flexibility index (Phi) is 3.09. The zero-order chi connectivity index (χ0) is 9.14. The lowest BCUT2D eigenvalue weighted by Crippen LogP contribution is -2.50. The van der Waals surface area contributed by atoms with E-state index < -0.39 is 0 Å². The van der Waals surface area contributed by atoms with Crippen LogP contribution in [0, 0.1) is 17.8 Å². The molecule has 3 heteroatoms. The number of ether oxygens (including phenoxy) is 1. The van der Waals surface area contributed by atoms with Crippen LogP contribution in [0.1, 0.15) is 13.8 Å². The monoisotopic (exact) mass is 171 g/mol. The van der Waals surface area contributed by atoms with Gasteiger partial charge in [-0.25, -0.2) is 0 Å². The van der Waals surface area contributed by atoms with Crippen molar-refractivity contribution in [3.63, 3.8) is 0 Å². The third kappa shape index (κ3) is 1.78. The zero-order valence-electron chi connectivity index (χ0n) is 7.96. The van der Waals surface area contributed by atoms with Crippen LogP contribution >= 0.6 is 0 Å². The second-order valence-electron chi connectivity index (χ2n) is 3.71. The van der Waals surface area contributed by atoms with Gasteiger partial charge < -0.3 is 10.1 Å². The van der Waals surface area contributed by atoms with E-state index in [0.717, 1.165) is 13.1 Å². The van der Waals surface area contributed by atoms with E-state index in [9.17, 15) is 4.79 Å². The molecule has 1 saturated heterocycles. The molecular formula is C9H17NO2. The maximum Gasteiger partial charge on any atom is 0.309 e. The van der Waals surface area contributed by atoms with Crippen molar-refractivity contribution in [2.45, 2.75) is 13.8 Å². The van der Waals surface area contributed by atoms with Crippen LogP contribution in [0.4, 0.5) is 0 Å². The number of hydrogen-bond acceptors (Lipinski definition) is 3. The van der Waals surface area contributed by atoms with Gasteiger partial charge in [0.2, 0.25) is 0 Å². The average Bonchev–Trinajstić information content (AvgIpc) is 1.94. The summed E-state index contributed by atoms with van der Waals surface area (Å²) >= 11 is 0. The first-order valence-corrected chi connectivity index (χ1v) is 4.45. The first-order chi connectivity index (χ1) is 5.66. The Morgan fingerprint density at radius 3 is 2.33 bits per heavy atom. The second-order valence-corrected chi connectivity index (χ2v) is 3.71. The molecule has 1 fully saturated rings. The van der Waals surface area contributed by atoms with Crippen molar-refractivity contribution >= 4 is 5.97 Å². The van der Waals surface area contributed by atoms with Gasteiger partial charge in [-0.3, -0.25) is 4.79 Å². The molecule has 1 heterocycles. The molecule has 1 unspecified atom stereocenters. The third-order valence-electron chi connectivity index (χ3n) is 2.51. The fourth-order valence-electron chi connectivity index (χ4n) is 1.71. The van der Waals surface area contributed by atoms with Crippen molar-refractivity contribution in [1.29, 1.82) is 0 Å². The number of carbonyl (C=O) groups is 1. The van der Waals surface area contributed by atoms with E-state index in [4.69, 9.17) is 4.74 Å². The number of rotatable bonds is 3. The molecule has 0 bridgehead atoms. The molecule has 1 N–H and O–H groups in total. The van der Waals surface area contributed by atoms with Crippen LogP contribution < -0.4 is 5.32 Å². The summed E-state index contributed by atoms with van der Waals surface area (Å²) < 4.78 is 4.76. The summed E-state index contributed by atoms with van der Waals surface area (Å²) in [5, 5.41) is 3.17. The first-order valence-electron chi connectivity index (χ1n) is 4.45. The van der Waals surface area contributed by atoms with E-state index in [1.165, 1.54) is 7.11 Å². The predicted octanol–water partition coefficient (Wildman–Crippen LogP) is 0.651. The van der Waals surface area contributed by atoms with Crippen LogP contribution in [-0.4, -0.2) is 26.2 Å². The molecule has 0 saturated carbocycles. The van der Waals surface area contributed by atoms with Crippen molar-refractivity contribution in [3.8, 4) is 0 Å². The number of nitrogens with one attached hydrogen (secondary N) is 1. The molecule has 0 aliphatic carbocycles. The highest BCUT2D eigenvalue weighted by Crippen LogP contribution is 2.25. The van der Waals surface area contributed by atoms with Crippen LogP contribution in [0.5, 0.6) is 0 Å². The number of hydrogen-bond donors (Lipinski definition) is 1. The summed E-state index contributed by atoms with van der Waals surface area (Å²) in [4.78, 5) is 11.3. The summed E-state index contributed by atoms with van der Waals surface area (Å²) in [6, 6.07) is 0. The molecule has 1 atom stereocenters. The molecule has 0 aromatic heterocycles. The molecule has 1 aliphatic heterocycles. The normalized spacial score (nSPS) is 20.3. The van der Waals surface area contributed by atoms with Gasteiger partial charge in [0, 0.05) is 13.1 Å². The number of carbonyl (C=O) groups excluding carboxylic acids is 1. The second kappa shape index (κ2) is 3.90. The zero-order valence-corrected chi connectivity index (χ0v) is 7.96. The smallest absolute Gasteiger partial charge is 0.309 e. The van der Waals surface area contributed by atoms with Gasteiger partial charge in [-0.2, -0.15) is 0 Å². The lowest BCUT2D eigenvalue weighted by Gasteiger charge is -2.35. The first kappa shape index (κ1) is 9.52. The van der Waals surface area contributed by atoms with Gasteiger partial charge in [-0.15, -0.1) is 0 Å². The van der Waals surface area contributed by atoms with E-state index in [0.29, 0.717) is 11.8 Å². The summed E-state index contributed by atoms with van der Waals surface area (Å²) in [6.45, 7) is 6.05. The average molecular weight is 171 g/mol. The van der Waals surface area contributed by atoms with Crippen molar-refractivity contribution in [2.24, 2.45) is 17.8 Å². The fourth-order valence-corrected chi connectivity index (χ4v) is 1.71. The van der Waals surface area contributed by atoms with E-state index in [1.54, 1.807) is 0 Å². The molecule has 12 heavy (non-hydrogen) atoms. The van der Waals surface area contributed by atoms with Gasteiger partial charge in [0.25, 0.3) is 0 Å². The minimum atomic E-state index is -0.0588. The Morgan fingerprint density at radius 1 is 1.50 bits per heavy atom. The van der Waals surface area contributed by atoms with Crippen LogP contribution in [0.2, 0.25) is 0 Å². The molecule has 70 valence electrons. The summed E-state index contributed by atoms with van der Waals surface area (Å²) in [7, 11) is 1.46. The van der Waals surface area contributed by atoms with Crippen molar-refractivity contribution in [2.75, 3.05) is 20.2 Å². The number of methoxy groups -OCH3 is 1. The van der Waals surface area contributed by atoms with Crippen LogP contribution in [-0.2, 0) is 9.53 Å². The Morgan fingerprint density at radius 2 is 2.08 bits per heavy atom. The molecule has 0 radical (unpaired) electrons. The van der Waals surface area contributed by atoms with Crippen LogP contribution in [0.3, 0.4) is 0 Å². The van der Waals surface area contributed by atoms with Crippen LogP contribution in [0.15, 0.2) is 0 Å². The summed E-state index contributed by atoms with van der Waals surface area (Å²) in [6.07, 6.45) is 0. The van der Waals surface area contributed by atoms with Gasteiger partial charge in [0.15, 0.2) is 0 Å². The fraction of sp³-hybridized carbons (Fsp3) is 0.889. The highest BCUT2D eigenvalue weighted by Gasteiger charge is 2.35. The van der Waals surface area contributed by atoms with Crippen molar-refractivity contribution < 1.29 is 9.53 Å². The molecule has 3 nitrogen and oxygen atoms in total. The Bertz CT molecular complexity index is 164. The van der Waals surface area contributed by atoms with E-state index in [-0.39, 0.29) is 11.9 Å². The quantitative estimate of drug-likeness (QED) is 0.634. The molecular weight excluding hydrogens is 154 g/mol. The van der Waals surface area contributed by atoms with Crippen LogP contribution in [0.25, 0.3) is 0 Å². The molecule has 0 aromatic rings. The highest BCUT2D eigenvalue weighted by molar-refractivity contribution is 5.73. The molecule has 0 spiro atoms. The molecule has 0 aromatic carbocycles. The van der Waals surface area contributed by atoms with Gasteiger partial charge in [-0.05, 0) is 11.8 Å². The summed E-state index contributed by atoms with van der Waals surface area (Å²) in [5.74, 6) is 0.884. The standard InChI is InChI=1S/C9H17NO2/c1-6(2)8(9(11)12-3)7-4-10-5-7/h6-8,10H,4-5H2,1-3H3. The van der Waals surface area contributed by atoms with E-state index >= 15 is 0 Å². The van der Waals surface area contributed by atoms with Gasteiger partial charge in [0.1, 0.15) is 0 Å². The van der Waals surface area contributed by atoms with Gasteiger partial charge in [0.05, 0.1) is 13.0 Å². The molecule has 1 aliphatic rings. The highest BCUT2D eigenvalue weighted by atomic mass is 16.5. The Balaban J connectivity index is 2.53. The minimum Gasteiger partial charge on any atom is -0.469 e. The minimum absolute atomic E-state index is 0.0588. The maximum absolute atomic E-state index is 11.3. The van der Waals surface area contributed by atoms with E-state index in [1.807, 2.05) is 0 Å². The Hall–Kier alpha value is -0.570. The van der Waals surface area contributed by atoms with Crippen molar-refractivity contribution in [1.82, 2.24) is 5.32 Å². The predicted molar refractivity (Wildman–Crippen MR) is 46.7 cm³/mol. The van der Waals surface area contributed by atoms with Gasteiger partial charge >= 0.3 is 5.97 Å². The van der Waals surface area contributed by atoms with E-state index in [2.05, 4.69) is 19.2 Å². The SMILES string of the molecule is COC(=O)C(C(C)C)C1CNC1. The lowest BCUT2D eigenvalue weighted by molar-refractivity contribution is -0.150. The molecule has 1 rings (SSSR count). The summed E-state index contributed by atoms with van der Waals surface area (Å²) in [5.41, 5.74) is 0. The molecule has 0 amide bonds.